The van der Waals surface area contributed by atoms with Gasteiger partial charge >= 0.3 is 0 Å². The summed E-state index contributed by atoms with van der Waals surface area (Å²) >= 11 is 5.77. The first-order valence-electron chi connectivity index (χ1n) is 8.69. The topological polar surface area (TPSA) is 139 Å². The van der Waals surface area contributed by atoms with Crippen molar-refractivity contribution < 1.29 is 25.0 Å². The zero-order valence-corrected chi connectivity index (χ0v) is 16.1. The van der Waals surface area contributed by atoms with Crippen LogP contribution in [0.15, 0.2) is 36.8 Å². The Morgan fingerprint density at radius 1 is 1.31 bits per heavy atom. The molecule has 0 aliphatic rings. The normalized spacial score (nSPS) is 12.4. The van der Waals surface area contributed by atoms with Crippen LogP contribution in [0.2, 0.25) is 5.02 Å². The van der Waals surface area contributed by atoms with Gasteiger partial charge in [0, 0.05) is 28.9 Å². The Hall–Kier alpha value is -2.90. The van der Waals surface area contributed by atoms with Crippen molar-refractivity contribution in [3.63, 3.8) is 0 Å². The standard InChI is InChI=1S/C19H21ClN4O5/c20-14-5-3-13(4-6-14)2-1-7-24(29)19(28)17(26)9-18(27)23-16(11-25)8-15-10-21-12-22-15/h3-6,10,12,16-17,25-26,29H,7-9,11H2,(H,21,22)(H,23,27)/t16-,17-/m0/s1. The predicted molar refractivity (Wildman–Crippen MR) is 104 cm³/mol. The molecule has 1 aromatic heterocycles. The maximum Gasteiger partial charge on any atom is 0.276 e. The Labute approximate surface area is 172 Å². The van der Waals surface area contributed by atoms with Gasteiger partial charge in [-0.15, -0.1) is 0 Å². The fraction of sp³-hybridized carbons (Fsp3) is 0.316. The number of aromatic nitrogens is 2. The fourth-order valence-corrected chi connectivity index (χ4v) is 2.50. The summed E-state index contributed by atoms with van der Waals surface area (Å²) in [5, 5.41) is 32.3. The van der Waals surface area contributed by atoms with E-state index in [-0.39, 0.29) is 18.2 Å². The van der Waals surface area contributed by atoms with Gasteiger partial charge < -0.3 is 20.5 Å². The Morgan fingerprint density at radius 3 is 2.66 bits per heavy atom. The number of hydroxylamine groups is 2. The predicted octanol–water partition coefficient (Wildman–Crippen LogP) is 0.103. The molecule has 2 amide bonds. The first-order valence-corrected chi connectivity index (χ1v) is 9.07. The molecule has 0 aliphatic carbocycles. The number of nitrogens with zero attached hydrogens (tertiary/aromatic N) is 2. The number of halogens is 1. The number of H-pyrrole nitrogens is 1. The molecule has 2 aromatic rings. The molecule has 0 spiro atoms. The van der Waals surface area contributed by atoms with Gasteiger partial charge in [-0.1, -0.05) is 23.4 Å². The van der Waals surface area contributed by atoms with E-state index in [0.29, 0.717) is 22.7 Å². The number of aliphatic hydroxyl groups excluding tert-OH is 2. The van der Waals surface area contributed by atoms with Crippen molar-refractivity contribution in [1.29, 1.82) is 0 Å². The van der Waals surface area contributed by atoms with Gasteiger partial charge in [0.05, 0.1) is 25.4 Å². The van der Waals surface area contributed by atoms with E-state index in [9.17, 15) is 25.0 Å². The van der Waals surface area contributed by atoms with Crippen LogP contribution in [0.25, 0.3) is 0 Å². The van der Waals surface area contributed by atoms with Crippen LogP contribution >= 0.6 is 11.6 Å². The molecule has 0 saturated heterocycles. The third-order valence-corrected chi connectivity index (χ3v) is 4.08. The smallest absolute Gasteiger partial charge is 0.276 e. The molecule has 0 unspecified atom stereocenters. The minimum Gasteiger partial charge on any atom is -0.394 e. The summed E-state index contributed by atoms with van der Waals surface area (Å²) in [7, 11) is 0. The second-order valence-corrected chi connectivity index (χ2v) is 6.59. The molecular weight excluding hydrogens is 400 g/mol. The third kappa shape index (κ3) is 7.56. The number of nitrogens with one attached hydrogen (secondary N) is 2. The van der Waals surface area contributed by atoms with Gasteiger partial charge in [-0.2, -0.15) is 0 Å². The molecule has 0 saturated carbocycles. The summed E-state index contributed by atoms with van der Waals surface area (Å²) in [4.78, 5) is 30.7. The Morgan fingerprint density at radius 2 is 2.03 bits per heavy atom. The Kier molecular flexibility index (Phi) is 8.64. The first kappa shape index (κ1) is 22.4. The molecule has 1 heterocycles. The molecule has 154 valence electrons. The number of aliphatic hydroxyl groups is 2. The molecule has 1 aromatic carbocycles. The summed E-state index contributed by atoms with van der Waals surface area (Å²) in [6, 6.07) is 6.06. The van der Waals surface area contributed by atoms with E-state index in [1.807, 2.05) is 0 Å². The van der Waals surface area contributed by atoms with Crippen molar-refractivity contribution in [2.45, 2.75) is 25.0 Å². The second kappa shape index (κ2) is 11.2. The molecule has 0 radical (unpaired) electrons. The van der Waals surface area contributed by atoms with Gasteiger partial charge in [0.25, 0.3) is 5.91 Å². The molecule has 0 fully saturated rings. The van der Waals surface area contributed by atoms with E-state index in [1.54, 1.807) is 30.5 Å². The molecule has 2 atom stereocenters. The molecule has 0 aliphatic heterocycles. The fourth-order valence-electron chi connectivity index (χ4n) is 2.37. The van der Waals surface area contributed by atoms with E-state index < -0.39 is 30.4 Å². The molecular formula is C19H21ClN4O5. The monoisotopic (exact) mass is 420 g/mol. The van der Waals surface area contributed by atoms with Crippen LogP contribution in [-0.2, 0) is 16.0 Å². The van der Waals surface area contributed by atoms with Crippen LogP contribution in [0.3, 0.4) is 0 Å². The van der Waals surface area contributed by atoms with Gasteiger partial charge in [-0.3, -0.25) is 14.8 Å². The number of aromatic amines is 1. The lowest BCUT2D eigenvalue weighted by molar-refractivity contribution is -0.173. The lowest BCUT2D eigenvalue weighted by Gasteiger charge is -2.19. The first-order chi connectivity index (χ1) is 13.9. The van der Waals surface area contributed by atoms with Gasteiger partial charge in [0.2, 0.25) is 5.91 Å². The summed E-state index contributed by atoms with van der Waals surface area (Å²) in [6.45, 7) is -0.680. The molecule has 2 rings (SSSR count). The van der Waals surface area contributed by atoms with Crippen molar-refractivity contribution in [2.24, 2.45) is 0 Å². The lowest BCUT2D eigenvalue weighted by atomic mass is 10.1. The van der Waals surface area contributed by atoms with Crippen LogP contribution in [0.1, 0.15) is 17.7 Å². The van der Waals surface area contributed by atoms with Crippen LogP contribution in [0, 0.1) is 11.8 Å². The van der Waals surface area contributed by atoms with Crippen LogP contribution < -0.4 is 5.32 Å². The van der Waals surface area contributed by atoms with Gasteiger partial charge in [-0.05, 0) is 24.3 Å². The second-order valence-electron chi connectivity index (χ2n) is 6.15. The van der Waals surface area contributed by atoms with Crippen molar-refractivity contribution in [2.75, 3.05) is 13.2 Å². The zero-order valence-electron chi connectivity index (χ0n) is 15.4. The van der Waals surface area contributed by atoms with Crippen LogP contribution in [-0.4, -0.2) is 67.6 Å². The average Bonchev–Trinajstić information content (AvgIpc) is 3.21. The van der Waals surface area contributed by atoms with Crippen molar-refractivity contribution in [3.8, 4) is 11.8 Å². The summed E-state index contributed by atoms with van der Waals surface area (Å²) in [5.41, 5.74) is 1.35. The highest BCUT2D eigenvalue weighted by Gasteiger charge is 2.24. The summed E-state index contributed by atoms with van der Waals surface area (Å²) < 4.78 is 0. The summed E-state index contributed by atoms with van der Waals surface area (Å²) in [6.07, 6.45) is 1.02. The van der Waals surface area contributed by atoms with E-state index in [4.69, 9.17) is 11.6 Å². The van der Waals surface area contributed by atoms with Gasteiger partial charge in [0.1, 0.15) is 12.6 Å². The number of hydrogen-bond donors (Lipinski definition) is 5. The number of carbonyl (C=O) groups is 2. The highest BCUT2D eigenvalue weighted by molar-refractivity contribution is 6.30. The van der Waals surface area contributed by atoms with Gasteiger partial charge in [0.15, 0.2) is 0 Å². The molecule has 9 nitrogen and oxygen atoms in total. The maximum absolute atomic E-state index is 12.0. The quantitative estimate of drug-likeness (QED) is 0.233. The van der Waals surface area contributed by atoms with Crippen molar-refractivity contribution >= 4 is 23.4 Å². The molecule has 10 heteroatoms. The van der Waals surface area contributed by atoms with E-state index in [0.717, 1.165) is 0 Å². The summed E-state index contributed by atoms with van der Waals surface area (Å²) in [5.74, 6) is 3.61. The Balaban J connectivity index is 1.80. The highest BCUT2D eigenvalue weighted by Crippen LogP contribution is 2.08. The number of rotatable bonds is 8. The zero-order chi connectivity index (χ0) is 21.2. The van der Waals surface area contributed by atoms with E-state index in [1.165, 1.54) is 6.33 Å². The Bertz CT molecular complexity index is 861. The van der Waals surface area contributed by atoms with E-state index in [2.05, 4.69) is 27.1 Å². The highest BCUT2D eigenvalue weighted by atomic mass is 35.5. The van der Waals surface area contributed by atoms with Crippen LogP contribution in [0.4, 0.5) is 0 Å². The molecule has 5 N–H and O–H groups in total. The number of imidazole rings is 1. The largest absolute Gasteiger partial charge is 0.394 e. The lowest BCUT2D eigenvalue weighted by Crippen LogP contribution is -2.44. The average molecular weight is 421 g/mol. The van der Waals surface area contributed by atoms with E-state index >= 15 is 0 Å². The van der Waals surface area contributed by atoms with Crippen molar-refractivity contribution in [1.82, 2.24) is 20.3 Å². The SMILES string of the molecule is O=C(C[C@H](O)C(=O)N(O)CC#Cc1ccc(Cl)cc1)N[C@H](CO)Cc1cnc[nH]1. The molecule has 29 heavy (non-hydrogen) atoms. The third-order valence-electron chi connectivity index (χ3n) is 3.83. The minimum absolute atomic E-state index is 0.245. The number of amides is 2. The minimum atomic E-state index is -1.75. The van der Waals surface area contributed by atoms with Gasteiger partial charge in [-0.25, -0.2) is 10.0 Å². The number of hydrogen-bond acceptors (Lipinski definition) is 6. The maximum atomic E-state index is 12.0. The number of benzene rings is 1. The molecule has 0 bridgehead atoms. The van der Waals surface area contributed by atoms with Crippen molar-refractivity contribution in [3.05, 3.63) is 53.1 Å². The van der Waals surface area contributed by atoms with Crippen LogP contribution in [0.5, 0.6) is 0 Å². The number of carbonyl (C=O) groups excluding carboxylic acids is 2.